The van der Waals surface area contributed by atoms with Crippen molar-refractivity contribution in [2.24, 2.45) is 0 Å². The summed E-state index contributed by atoms with van der Waals surface area (Å²) in [6.45, 7) is 3.84. The molecule has 2 saturated heterocycles. The number of carbonyl (C=O) groups excluding carboxylic acids is 1. The third-order valence-corrected chi connectivity index (χ3v) is 5.68. The average Bonchev–Trinajstić information content (AvgIpc) is 3.04. The lowest BCUT2D eigenvalue weighted by atomic mass is 10.3. The quantitative estimate of drug-likeness (QED) is 0.680. The number of anilines is 1. The number of carbonyl (C=O) groups is 1. The molecule has 0 radical (unpaired) electrons. The van der Waals surface area contributed by atoms with Crippen LogP contribution in [-0.2, 0) is 26.3 Å². The zero-order chi connectivity index (χ0) is 15.9. The Labute approximate surface area is 127 Å². The average molecular weight is 331 g/mol. The zero-order valence-corrected chi connectivity index (χ0v) is 13.1. The van der Waals surface area contributed by atoms with Crippen molar-refractivity contribution in [2.75, 3.05) is 38.3 Å². The van der Waals surface area contributed by atoms with Gasteiger partial charge in [0.25, 0.3) is 5.91 Å². The number of aromatic nitrogens is 2. The molecule has 1 aromatic heterocycles. The summed E-state index contributed by atoms with van der Waals surface area (Å²) in [4.78, 5) is 13.7. The molecule has 0 N–H and O–H groups in total. The van der Waals surface area contributed by atoms with Gasteiger partial charge in [0.05, 0.1) is 19.8 Å². The van der Waals surface area contributed by atoms with Gasteiger partial charge in [0.15, 0.2) is 0 Å². The standard InChI is InChI=1S/C11H17N5O5S/c1-8-10(17)14(2)22(18,19)16(8)7-9-12-13-11(21-9)15-3-5-20-6-4-15/h8H,3-7H2,1-2H3. The van der Waals surface area contributed by atoms with Gasteiger partial charge in [-0.2, -0.15) is 12.7 Å². The molecule has 1 aromatic rings. The number of likely N-dealkylation sites (N-methyl/N-ethyl adjacent to an activating group) is 1. The number of ether oxygens (including phenoxy) is 1. The summed E-state index contributed by atoms with van der Waals surface area (Å²) in [6.07, 6.45) is 0. The number of morpholine rings is 1. The van der Waals surface area contributed by atoms with Crippen molar-refractivity contribution in [3.8, 4) is 0 Å². The van der Waals surface area contributed by atoms with Gasteiger partial charge in [0.2, 0.25) is 5.89 Å². The molecule has 0 bridgehead atoms. The van der Waals surface area contributed by atoms with Crippen molar-refractivity contribution in [1.82, 2.24) is 18.8 Å². The van der Waals surface area contributed by atoms with Gasteiger partial charge in [-0.15, -0.1) is 5.10 Å². The molecule has 2 fully saturated rings. The van der Waals surface area contributed by atoms with E-state index in [4.69, 9.17) is 9.15 Å². The Morgan fingerprint density at radius 2 is 1.95 bits per heavy atom. The van der Waals surface area contributed by atoms with E-state index in [1.165, 1.54) is 14.0 Å². The van der Waals surface area contributed by atoms with Crippen LogP contribution in [0.3, 0.4) is 0 Å². The maximum absolute atomic E-state index is 12.1. The van der Waals surface area contributed by atoms with E-state index in [2.05, 4.69) is 10.2 Å². The fraction of sp³-hybridized carbons (Fsp3) is 0.727. The highest BCUT2D eigenvalue weighted by atomic mass is 32.2. The Morgan fingerprint density at radius 1 is 1.27 bits per heavy atom. The minimum Gasteiger partial charge on any atom is -0.407 e. The van der Waals surface area contributed by atoms with Crippen molar-refractivity contribution in [3.63, 3.8) is 0 Å². The molecule has 1 atom stereocenters. The van der Waals surface area contributed by atoms with Crippen LogP contribution in [0.1, 0.15) is 12.8 Å². The summed E-state index contributed by atoms with van der Waals surface area (Å²) in [5.41, 5.74) is 0. The molecule has 3 rings (SSSR count). The summed E-state index contributed by atoms with van der Waals surface area (Å²) in [5, 5.41) is 7.80. The summed E-state index contributed by atoms with van der Waals surface area (Å²) < 4.78 is 36.8. The summed E-state index contributed by atoms with van der Waals surface area (Å²) in [7, 11) is -2.58. The van der Waals surface area contributed by atoms with Crippen molar-refractivity contribution in [2.45, 2.75) is 19.5 Å². The first-order chi connectivity index (χ1) is 10.4. The fourth-order valence-electron chi connectivity index (χ4n) is 2.40. The highest BCUT2D eigenvalue weighted by Crippen LogP contribution is 2.25. The molecule has 2 aliphatic heterocycles. The molecule has 0 aromatic carbocycles. The van der Waals surface area contributed by atoms with Gasteiger partial charge in [-0.3, -0.25) is 4.79 Å². The SMILES string of the molecule is CC1C(=O)N(C)S(=O)(=O)N1Cc1nnc(N2CCOCC2)o1. The number of hydrogen-bond donors (Lipinski definition) is 0. The van der Waals surface area contributed by atoms with Gasteiger partial charge in [-0.1, -0.05) is 5.10 Å². The number of rotatable bonds is 3. The van der Waals surface area contributed by atoms with E-state index in [1.807, 2.05) is 4.90 Å². The van der Waals surface area contributed by atoms with Crippen molar-refractivity contribution >= 4 is 22.1 Å². The van der Waals surface area contributed by atoms with Crippen LogP contribution in [0.25, 0.3) is 0 Å². The third-order valence-electron chi connectivity index (χ3n) is 3.77. The Morgan fingerprint density at radius 3 is 2.55 bits per heavy atom. The van der Waals surface area contributed by atoms with Crippen LogP contribution in [0.2, 0.25) is 0 Å². The molecular formula is C11H17N5O5S. The van der Waals surface area contributed by atoms with Crippen LogP contribution >= 0.6 is 0 Å². The normalized spacial score (nSPS) is 25.9. The number of hydrogen-bond acceptors (Lipinski definition) is 8. The summed E-state index contributed by atoms with van der Waals surface area (Å²) >= 11 is 0. The Balaban J connectivity index is 1.76. The van der Waals surface area contributed by atoms with Crippen LogP contribution in [-0.4, -0.2) is 72.5 Å². The van der Waals surface area contributed by atoms with Gasteiger partial charge in [0.1, 0.15) is 6.04 Å². The lowest BCUT2D eigenvalue weighted by Gasteiger charge is -2.24. The topological polar surface area (TPSA) is 109 Å². The van der Waals surface area contributed by atoms with Crippen molar-refractivity contribution in [1.29, 1.82) is 0 Å². The van der Waals surface area contributed by atoms with Gasteiger partial charge in [-0.05, 0) is 6.92 Å². The first-order valence-electron chi connectivity index (χ1n) is 6.86. The second-order valence-corrected chi connectivity index (χ2v) is 7.02. The van der Waals surface area contributed by atoms with Gasteiger partial charge < -0.3 is 14.1 Å². The van der Waals surface area contributed by atoms with Crippen LogP contribution in [0.5, 0.6) is 0 Å². The predicted octanol–water partition coefficient (Wildman–Crippen LogP) is -1.19. The fourth-order valence-corrected chi connectivity index (χ4v) is 3.86. The Bertz CT molecular complexity index is 668. The molecule has 122 valence electrons. The first-order valence-corrected chi connectivity index (χ1v) is 8.25. The van der Waals surface area contributed by atoms with E-state index >= 15 is 0 Å². The van der Waals surface area contributed by atoms with Crippen molar-refractivity contribution in [3.05, 3.63) is 5.89 Å². The molecule has 3 heterocycles. The maximum atomic E-state index is 12.1. The maximum Gasteiger partial charge on any atom is 0.318 e. The predicted molar refractivity (Wildman–Crippen MR) is 74.0 cm³/mol. The van der Waals surface area contributed by atoms with Crippen LogP contribution < -0.4 is 4.90 Å². The highest BCUT2D eigenvalue weighted by Gasteiger charge is 2.46. The van der Waals surface area contributed by atoms with Crippen LogP contribution in [0, 0.1) is 0 Å². The molecule has 22 heavy (non-hydrogen) atoms. The summed E-state index contributed by atoms with van der Waals surface area (Å²) in [6, 6.07) is -0.448. The van der Waals surface area contributed by atoms with E-state index in [1.54, 1.807) is 0 Å². The largest absolute Gasteiger partial charge is 0.407 e. The molecule has 2 aliphatic rings. The van der Waals surface area contributed by atoms with E-state index in [9.17, 15) is 13.2 Å². The molecule has 0 saturated carbocycles. The summed E-state index contributed by atoms with van der Waals surface area (Å²) in [5.74, 6) is -0.326. The molecule has 0 aliphatic carbocycles. The molecule has 0 spiro atoms. The van der Waals surface area contributed by atoms with Gasteiger partial charge in [0, 0.05) is 20.1 Å². The van der Waals surface area contributed by atoms with Gasteiger partial charge >= 0.3 is 16.2 Å². The Hall–Kier alpha value is -1.72. The van der Waals surface area contributed by atoms with Crippen LogP contribution in [0.15, 0.2) is 4.42 Å². The second-order valence-electron chi connectivity index (χ2n) is 5.11. The molecule has 11 heteroatoms. The first kappa shape index (κ1) is 15.2. The minimum atomic E-state index is -3.82. The van der Waals surface area contributed by atoms with E-state index < -0.39 is 22.2 Å². The lowest BCUT2D eigenvalue weighted by Crippen LogP contribution is -2.36. The molecule has 1 amide bonds. The van der Waals surface area contributed by atoms with Crippen LogP contribution in [0.4, 0.5) is 6.01 Å². The zero-order valence-electron chi connectivity index (χ0n) is 12.3. The highest BCUT2D eigenvalue weighted by molar-refractivity contribution is 7.87. The van der Waals surface area contributed by atoms with E-state index in [0.717, 1.165) is 8.61 Å². The van der Waals surface area contributed by atoms with E-state index in [0.29, 0.717) is 32.3 Å². The number of amides is 1. The Kier molecular flexibility index (Phi) is 3.78. The lowest BCUT2D eigenvalue weighted by molar-refractivity contribution is -0.126. The second kappa shape index (κ2) is 5.48. The molecule has 1 unspecified atom stereocenters. The monoisotopic (exact) mass is 331 g/mol. The number of nitrogens with zero attached hydrogens (tertiary/aromatic N) is 5. The van der Waals surface area contributed by atoms with Crippen molar-refractivity contribution < 1.29 is 22.4 Å². The molecular weight excluding hydrogens is 314 g/mol. The van der Waals surface area contributed by atoms with E-state index in [-0.39, 0.29) is 12.4 Å². The minimum absolute atomic E-state index is 0.128. The smallest absolute Gasteiger partial charge is 0.318 e. The van der Waals surface area contributed by atoms with Gasteiger partial charge in [-0.25, -0.2) is 4.31 Å². The molecule has 10 nitrogen and oxygen atoms in total. The third kappa shape index (κ3) is 2.44.